The van der Waals surface area contributed by atoms with Crippen molar-refractivity contribution in [3.8, 4) is 0 Å². The van der Waals surface area contributed by atoms with E-state index in [2.05, 4.69) is 10.2 Å². The minimum absolute atomic E-state index is 0.142. The quantitative estimate of drug-likeness (QED) is 0.816. The number of H-pyrrole nitrogens is 1. The third-order valence-corrected chi connectivity index (χ3v) is 4.23. The average Bonchev–Trinajstić information content (AvgIpc) is 2.93. The van der Waals surface area contributed by atoms with E-state index in [4.69, 9.17) is 11.6 Å². The number of hydrogen-bond donors (Lipinski definition) is 2. The maximum Gasteiger partial charge on any atom is 0.406 e. The molecule has 0 spiro atoms. The zero-order valence-electron chi connectivity index (χ0n) is 12.5. The van der Waals surface area contributed by atoms with Gasteiger partial charge < -0.3 is 20.1 Å². The summed E-state index contributed by atoms with van der Waals surface area (Å²) in [6, 6.07) is 0.0974. The second kappa shape index (κ2) is 6.10. The van der Waals surface area contributed by atoms with Gasteiger partial charge in [0.2, 0.25) is 5.91 Å². The molecule has 0 radical (unpaired) electrons. The van der Waals surface area contributed by atoms with Crippen LogP contribution in [0.3, 0.4) is 0 Å². The maximum atomic E-state index is 12.8. The number of fused-ring (bicyclic) bond motifs is 3. The maximum absolute atomic E-state index is 12.8. The van der Waals surface area contributed by atoms with E-state index in [1.165, 1.54) is 12.3 Å². The number of halogens is 4. The third kappa shape index (κ3) is 3.48. The summed E-state index contributed by atoms with van der Waals surface area (Å²) in [7, 11) is 0. The van der Waals surface area contributed by atoms with Crippen LogP contribution in [0.25, 0.3) is 10.9 Å². The molecule has 2 N–H and O–H groups in total. The molecule has 0 bridgehead atoms. The van der Waals surface area contributed by atoms with E-state index in [0.717, 1.165) is 0 Å². The predicted molar refractivity (Wildman–Crippen MR) is 78.6 cm³/mol. The molecule has 3 rings (SSSR count). The first-order valence-electron chi connectivity index (χ1n) is 7.12. The van der Waals surface area contributed by atoms with Crippen molar-refractivity contribution in [1.82, 2.24) is 20.4 Å². The van der Waals surface area contributed by atoms with E-state index in [0.29, 0.717) is 26.9 Å². The van der Waals surface area contributed by atoms with E-state index < -0.39 is 30.8 Å². The molecule has 2 amide bonds. The Kier molecular flexibility index (Phi) is 4.23. The number of alkyl halides is 3. The summed E-state index contributed by atoms with van der Waals surface area (Å²) in [4.78, 5) is 23.8. The van der Waals surface area contributed by atoms with E-state index in [1.807, 2.05) is 5.32 Å². The summed E-state index contributed by atoms with van der Waals surface area (Å²) >= 11 is 6.12. The Balaban J connectivity index is 2.11. The van der Waals surface area contributed by atoms with Gasteiger partial charge in [-0.15, -0.1) is 0 Å². The second-order valence-electron chi connectivity index (χ2n) is 5.65. The average molecular weight is 376 g/mol. The van der Waals surface area contributed by atoms with Gasteiger partial charge in [-0.25, -0.2) is 0 Å². The van der Waals surface area contributed by atoms with E-state index in [-0.39, 0.29) is 18.0 Å². The van der Waals surface area contributed by atoms with Crippen LogP contribution in [-0.4, -0.2) is 45.9 Å². The molecule has 0 aliphatic carbocycles. The molecule has 11 heteroatoms. The van der Waals surface area contributed by atoms with Gasteiger partial charge in [0.05, 0.1) is 16.7 Å². The molecule has 25 heavy (non-hydrogen) atoms. The standard InChI is InChI=1S/C14H12ClF3N4O3/c15-9-1-6-2-10(20-13(24)25)12(23)22(5-14(16,17)18)4-8(6)7-3-19-21-11(7)9/h1,3,10,20H,2,4-5H2,(H,19,21)(H,24,25)/p-1. The highest BCUT2D eigenvalue weighted by Crippen LogP contribution is 2.32. The Labute approximate surface area is 143 Å². The number of carbonyl (C=O) groups is 2. The Morgan fingerprint density at radius 2 is 2.24 bits per heavy atom. The van der Waals surface area contributed by atoms with Gasteiger partial charge in [0, 0.05) is 18.4 Å². The summed E-state index contributed by atoms with van der Waals surface area (Å²) in [6.45, 7) is -1.84. The van der Waals surface area contributed by atoms with Crippen LogP contribution in [0.2, 0.25) is 5.02 Å². The first kappa shape index (κ1) is 17.3. The van der Waals surface area contributed by atoms with Crippen molar-refractivity contribution in [1.29, 1.82) is 0 Å². The highest BCUT2D eigenvalue weighted by Gasteiger charge is 2.38. The molecule has 7 nitrogen and oxygen atoms in total. The lowest BCUT2D eigenvalue weighted by Crippen LogP contribution is -2.53. The van der Waals surface area contributed by atoms with Crippen molar-refractivity contribution < 1.29 is 27.9 Å². The van der Waals surface area contributed by atoms with Crippen LogP contribution in [0.5, 0.6) is 0 Å². The number of benzene rings is 1. The van der Waals surface area contributed by atoms with Crippen molar-refractivity contribution in [3.05, 3.63) is 28.4 Å². The number of aromatic nitrogens is 2. The van der Waals surface area contributed by atoms with Gasteiger partial charge in [0.1, 0.15) is 18.7 Å². The number of hydrogen-bond acceptors (Lipinski definition) is 4. The molecule has 1 atom stereocenters. The molecule has 2 aromatic rings. The molecule has 134 valence electrons. The van der Waals surface area contributed by atoms with Crippen molar-refractivity contribution in [3.63, 3.8) is 0 Å². The van der Waals surface area contributed by atoms with Crippen molar-refractivity contribution in [2.45, 2.75) is 25.2 Å². The highest BCUT2D eigenvalue weighted by atomic mass is 35.5. The molecule has 2 heterocycles. The summed E-state index contributed by atoms with van der Waals surface area (Å²) < 4.78 is 38.5. The zero-order valence-corrected chi connectivity index (χ0v) is 13.2. The van der Waals surface area contributed by atoms with Gasteiger partial charge in [-0.2, -0.15) is 18.3 Å². The van der Waals surface area contributed by atoms with Crippen molar-refractivity contribution in [2.75, 3.05) is 6.54 Å². The van der Waals surface area contributed by atoms with Crippen LogP contribution in [0.1, 0.15) is 11.1 Å². The van der Waals surface area contributed by atoms with Gasteiger partial charge in [-0.1, -0.05) is 11.6 Å². The SMILES string of the molecule is O=C([O-])NC1Cc2cc(Cl)c3[nH]ncc3c2CN(CC(F)(F)F)C1=O. The molecular weight excluding hydrogens is 365 g/mol. The van der Waals surface area contributed by atoms with Gasteiger partial charge >= 0.3 is 6.18 Å². The number of nitrogens with zero attached hydrogens (tertiary/aromatic N) is 2. The first-order valence-corrected chi connectivity index (χ1v) is 7.50. The topological polar surface area (TPSA) is 101 Å². The van der Waals surface area contributed by atoms with Crippen LogP contribution in [0, 0.1) is 0 Å². The predicted octanol–water partition coefficient (Wildman–Crippen LogP) is 0.965. The number of amides is 2. The largest absolute Gasteiger partial charge is 0.530 e. The zero-order chi connectivity index (χ0) is 18.4. The van der Waals surface area contributed by atoms with Crippen LogP contribution >= 0.6 is 11.6 Å². The Morgan fingerprint density at radius 1 is 1.52 bits per heavy atom. The molecule has 1 aliphatic rings. The second-order valence-corrected chi connectivity index (χ2v) is 6.06. The fraction of sp³-hybridized carbons (Fsp3) is 0.357. The van der Waals surface area contributed by atoms with Gasteiger partial charge in [0.15, 0.2) is 0 Å². The lowest BCUT2D eigenvalue weighted by atomic mass is 9.99. The molecule has 1 aliphatic heterocycles. The van der Waals surface area contributed by atoms with Crippen LogP contribution in [0.4, 0.5) is 18.0 Å². The fourth-order valence-electron chi connectivity index (χ4n) is 2.95. The van der Waals surface area contributed by atoms with E-state index >= 15 is 0 Å². The molecule has 0 fully saturated rings. The molecule has 1 aromatic carbocycles. The van der Waals surface area contributed by atoms with Crippen LogP contribution in [-0.2, 0) is 17.8 Å². The normalized spacial score (nSPS) is 18.2. The lowest BCUT2D eigenvalue weighted by Gasteiger charge is -2.26. The first-order chi connectivity index (χ1) is 11.7. The minimum atomic E-state index is -4.63. The smallest absolute Gasteiger partial charge is 0.406 e. The number of rotatable bonds is 2. The van der Waals surface area contributed by atoms with Crippen molar-refractivity contribution >= 4 is 34.5 Å². The third-order valence-electron chi connectivity index (χ3n) is 3.94. The fourth-order valence-corrected chi connectivity index (χ4v) is 3.23. The van der Waals surface area contributed by atoms with E-state index in [9.17, 15) is 27.9 Å². The monoisotopic (exact) mass is 375 g/mol. The molecule has 1 unspecified atom stereocenters. The minimum Gasteiger partial charge on any atom is -0.530 e. The number of aromatic amines is 1. The summed E-state index contributed by atoms with van der Waals surface area (Å²) in [5, 5.41) is 19.9. The summed E-state index contributed by atoms with van der Waals surface area (Å²) in [5.74, 6) is -0.981. The van der Waals surface area contributed by atoms with Gasteiger partial charge in [0.25, 0.3) is 0 Å². The molecule has 0 saturated carbocycles. The van der Waals surface area contributed by atoms with Gasteiger partial charge in [-0.3, -0.25) is 9.89 Å². The number of carboxylic acid groups (broad SMARTS) is 1. The van der Waals surface area contributed by atoms with Crippen molar-refractivity contribution in [2.24, 2.45) is 0 Å². The molecule has 1 aromatic heterocycles. The number of carbonyl (C=O) groups excluding carboxylic acids is 2. The molecule has 0 saturated heterocycles. The molecular formula is C14H11ClF3N4O3-. The number of nitrogens with one attached hydrogen (secondary N) is 2. The summed E-state index contributed by atoms with van der Waals surface area (Å²) in [6.07, 6.45) is -5.11. The Hall–Kier alpha value is -2.49. The lowest BCUT2D eigenvalue weighted by molar-refractivity contribution is -0.251. The van der Waals surface area contributed by atoms with E-state index in [1.54, 1.807) is 0 Å². The Morgan fingerprint density at radius 3 is 2.88 bits per heavy atom. The van der Waals surface area contributed by atoms with Crippen LogP contribution in [0.15, 0.2) is 12.3 Å². The highest BCUT2D eigenvalue weighted by molar-refractivity contribution is 6.35. The summed E-state index contributed by atoms with van der Waals surface area (Å²) in [5.41, 5.74) is 1.34. The Bertz CT molecular complexity index is 852. The van der Waals surface area contributed by atoms with Crippen LogP contribution < -0.4 is 10.4 Å². The van der Waals surface area contributed by atoms with Gasteiger partial charge in [-0.05, 0) is 17.2 Å².